The van der Waals surface area contributed by atoms with E-state index in [2.05, 4.69) is 4.98 Å². The highest BCUT2D eigenvalue weighted by molar-refractivity contribution is 5.77. The van der Waals surface area contributed by atoms with Gasteiger partial charge in [0.25, 0.3) is 6.43 Å². The fraction of sp³-hybridized carbons (Fsp3) is 0.625. The van der Waals surface area contributed by atoms with Crippen LogP contribution in [0.5, 0.6) is 5.88 Å². The molecule has 146 valence electrons. The van der Waals surface area contributed by atoms with Gasteiger partial charge < -0.3 is 14.6 Å². The van der Waals surface area contributed by atoms with E-state index in [4.69, 9.17) is 9.47 Å². The third-order valence-corrected chi connectivity index (χ3v) is 4.70. The minimum atomic E-state index is -4.81. The Bertz CT molecular complexity index is 681. The van der Waals surface area contributed by atoms with Crippen LogP contribution >= 0.6 is 0 Å². The summed E-state index contributed by atoms with van der Waals surface area (Å²) in [7, 11) is 0. The lowest BCUT2D eigenvalue weighted by Crippen LogP contribution is -2.47. The van der Waals surface area contributed by atoms with Crippen LogP contribution in [-0.4, -0.2) is 40.5 Å². The van der Waals surface area contributed by atoms with Crippen molar-refractivity contribution in [3.05, 3.63) is 23.4 Å². The molecule has 0 saturated carbocycles. The number of nitrogens with zero attached hydrogens (tertiary/aromatic N) is 1. The molecule has 0 amide bonds. The van der Waals surface area contributed by atoms with Crippen LogP contribution in [0.15, 0.2) is 12.1 Å². The zero-order valence-corrected chi connectivity index (χ0v) is 14.2. The fourth-order valence-corrected chi connectivity index (χ4v) is 3.08. The number of aromatic nitrogens is 1. The molecule has 0 aliphatic carbocycles. The molecule has 26 heavy (non-hydrogen) atoms. The summed E-state index contributed by atoms with van der Waals surface area (Å²) < 4.78 is 75.8. The number of halogens is 5. The van der Waals surface area contributed by atoms with Gasteiger partial charge in [0.2, 0.25) is 5.88 Å². The highest BCUT2D eigenvalue weighted by Crippen LogP contribution is 2.54. The number of hydrogen-bond acceptors (Lipinski definition) is 5. The molecule has 1 aliphatic rings. The SMILES string of the molecule is CCOC(=O)[C@@H]1O[C@@](C)(C(F)(F)F)[C@@H](C)[C@H]1c1ccc(C(F)F)nc1O. The third-order valence-electron chi connectivity index (χ3n) is 4.70. The molecule has 1 aliphatic heterocycles. The Labute approximate surface area is 146 Å². The van der Waals surface area contributed by atoms with E-state index in [0.29, 0.717) is 0 Å². The molecule has 0 bridgehead atoms. The molecule has 10 heteroatoms. The molecule has 1 fully saturated rings. The number of esters is 1. The van der Waals surface area contributed by atoms with E-state index in [1.807, 2.05) is 0 Å². The first kappa shape index (κ1) is 20.3. The number of alkyl halides is 5. The van der Waals surface area contributed by atoms with Gasteiger partial charge in [-0.2, -0.15) is 13.2 Å². The zero-order chi connectivity index (χ0) is 19.9. The van der Waals surface area contributed by atoms with Gasteiger partial charge in [-0.1, -0.05) is 13.0 Å². The van der Waals surface area contributed by atoms with Crippen LogP contribution in [0.2, 0.25) is 0 Å². The van der Waals surface area contributed by atoms with Crippen LogP contribution in [0.25, 0.3) is 0 Å². The summed E-state index contributed by atoms with van der Waals surface area (Å²) in [6.07, 6.45) is -9.44. The molecule has 1 aromatic heterocycles. The van der Waals surface area contributed by atoms with Crippen molar-refractivity contribution in [3.8, 4) is 5.88 Å². The highest BCUT2D eigenvalue weighted by Gasteiger charge is 2.66. The van der Waals surface area contributed by atoms with Crippen molar-refractivity contribution < 1.29 is 41.3 Å². The quantitative estimate of drug-likeness (QED) is 0.634. The lowest BCUT2D eigenvalue weighted by Gasteiger charge is -2.31. The Morgan fingerprint density at radius 1 is 1.42 bits per heavy atom. The van der Waals surface area contributed by atoms with Crippen molar-refractivity contribution >= 4 is 5.97 Å². The largest absolute Gasteiger partial charge is 0.493 e. The van der Waals surface area contributed by atoms with E-state index in [1.54, 1.807) is 0 Å². The van der Waals surface area contributed by atoms with E-state index >= 15 is 0 Å². The van der Waals surface area contributed by atoms with Gasteiger partial charge >= 0.3 is 12.1 Å². The van der Waals surface area contributed by atoms with Gasteiger partial charge in [0, 0.05) is 17.4 Å². The molecular weight excluding hydrogens is 365 g/mol. The first-order chi connectivity index (χ1) is 11.9. The maximum Gasteiger partial charge on any atom is 0.417 e. The Kier molecular flexibility index (Phi) is 5.46. The molecule has 4 atom stereocenters. The minimum absolute atomic E-state index is 0.0862. The van der Waals surface area contributed by atoms with E-state index < -0.39 is 53.7 Å². The molecule has 0 aromatic carbocycles. The van der Waals surface area contributed by atoms with Crippen LogP contribution < -0.4 is 0 Å². The molecule has 5 nitrogen and oxygen atoms in total. The summed E-state index contributed by atoms with van der Waals surface area (Å²) in [6, 6.07) is 1.92. The monoisotopic (exact) mass is 383 g/mol. The average Bonchev–Trinajstić information content (AvgIpc) is 2.80. The Morgan fingerprint density at radius 2 is 2.04 bits per heavy atom. The van der Waals surface area contributed by atoms with Crippen molar-refractivity contribution in [1.29, 1.82) is 0 Å². The van der Waals surface area contributed by atoms with Crippen LogP contribution in [0, 0.1) is 5.92 Å². The first-order valence-electron chi connectivity index (χ1n) is 7.83. The second-order valence-electron chi connectivity index (χ2n) is 6.16. The van der Waals surface area contributed by atoms with E-state index in [-0.39, 0.29) is 12.2 Å². The predicted molar refractivity (Wildman–Crippen MR) is 78.7 cm³/mol. The maximum atomic E-state index is 13.5. The number of rotatable bonds is 4. The van der Waals surface area contributed by atoms with Gasteiger partial charge in [-0.05, 0) is 19.9 Å². The number of hydrogen-bond donors (Lipinski definition) is 1. The lowest BCUT2D eigenvalue weighted by molar-refractivity contribution is -0.274. The van der Waals surface area contributed by atoms with Gasteiger partial charge in [0.1, 0.15) is 5.69 Å². The normalized spacial score (nSPS) is 29.2. The van der Waals surface area contributed by atoms with Gasteiger partial charge in [-0.15, -0.1) is 0 Å². The molecule has 2 rings (SSSR count). The van der Waals surface area contributed by atoms with E-state index in [0.717, 1.165) is 19.1 Å². The van der Waals surface area contributed by atoms with Crippen LogP contribution in [0.4, 0.5) is 22.0 Å². The molecular formula is C16H18F5NO4. The van der Waals surface area contributed by atoms with Crippen LogP contribution in [-0.2, 0) is 14.3 Å². The maximum absolute atomic E-state index is 13.5. The van der Waals surface area contributed by atoms with Gasteiger partial charge in [0.05, 0.1) is 6.61 Å². The third kappa shape index (κ3) is 3.34. The standard InChI is InChI=1S/C16H18F5NO4/c1-4-25-14(24)11-10(7(2)15(3,26-11)16(19,20)21)8-5-6-9(12(17)18)22-13(8)23/h5-7,10-12H,4H2,1-3H3,(H,22,23)/t7-,10-,11+,15+/m0/s1. The van der Waals surface area contributed by atoms with Gasteiger partial charge in [0.15, 0.2) is 11.7 Å². The van der Waals surface area contributed by atoms with Gasteiger partial charge in [-0.3, -0.25) is 0 Å². The van der Waals surface area contributed by atoms with E-state index in [1.165, 1.54) is 13.8 Å². The van der Waals surface area contributed by atoms with Crippen molar-refractivity contribution in [2.75, 3.05) is 6.61 Å². The molecule has 0 radical (unpaired) electrons. The summed E-state index contributed by atoms with van der Waals surface area (Å²) in [6.45, 7) is 3.39. The topological polar surface area (TPSA) is 68.7 Å². The number of aromatic hydroxyl groups is 1. The van der Waals surface area contributed by atoms with Crippen molar-refractivity contribution in [2.24, 2.45) is 5.92 Å². The summed E-state index contributed by atoms with van der Waals surface area (Å²) >= 11 is 0. The Morgan fingerprint density at radius 3 is 2.50 bits per heavy atom. The number of ether oxygens (including phenoxy) is 2. The molecule has 1 aromatic rings. The van der Waals surface area contributed by atoms with Crippen LogP contribution in [0.3, 0.4) is 0 Å². The Hall–Kier alpha value is -1.97. The summed E-state index contributed by atoms with van der Waals surface area (Å²) in [5.41, 5.74) is -3.61. The minimum Gasteiger partial charge on any atom is -0.493 e. The van der Waals surface area contributed by atoms with Crippen molar-refractivity contribution in [1.82, 2.24) is 4.98 Å². The predicted octanol–water partition coefficient (Wildman–Crippen LogP) is 3.73. The Balaban J connectivity index is 2.53. The number of carbonyl (C=O) groups is 1. The summed E-state index contributed by atoms with van der Waals surface area (Å²) in [5, 5.41) is 9.99. The summed E-state index contributed by atoms with van der Waals surface area (Å²) in [4.78, 5) is 15.5. The average molecular weight is 383 g/mol. The van der Waals surface area contributed by atoms with E-state index in [9.17, 15) is 31.9 Å². The molecule has 0 unspecified atom stereocenters. The first-order valence-corrected chi connectivity index (χ1v) is 7.83. The van der Waals surface area contributed by atoms with Crippen molar-refractivity contribution in [2.45, 2.75) is 51.0 Å². The smallest absolute Gasteiger partial charge is 0.417 e. The molecule has 0 spiro atoms. The second kappa shape index (κ2) is 6.98. The molecule has 2 heterocycles. The van der Waals surface area contributed by atoms with Crippen molar-refractivity contribution in [3.63, 3.8) is 0 Å². The molecule has 1 N–H and O–H groups in total. The number of pyridine rings is 1. The summed E-state index contributed by atoms with van der Waals surface area (Å²) in [5.74, 6) is -4.50. The zero-order valence-electron chi connectivity index (χ0n) is 14.2. The number of carbonyl (C=O) groups excluding carboxylic acids is 1. The lowest BCUT2D eigenvalue weighted by atomic mass is 9.77. The fourth-order valence-electron chi connectivity index (χ4n) is 3.08. The molecule has 1 saturated heterocycles. The van der Waals surface area contributed by atoms with Gasteiger partial charge in [-0.25, -0.2) is 18.6 Å². The highest BCUT2D eigenvalue weighted by atomic mass is 19.4. The van der Waals surface area contributed by atoms with Crippen LogP contribution in [0.1, 0.15) is 44.4 Å². The second-order valence-corrected chi connectivity index (χ2v) is 6.16.